The molecular formula is C15H19NO2. The van der Waals surface area contributed by atoms with Crippen molar-refractivity contribution in [2.24, 2.45) is 0 Å². The number of nitrogens with zero attached hydrogens (tertiary/aromatic N) is 1. The van der Waals surface area contributed by atoms with Crippen LogP contribution in [-0.2, 0) is 11.2 Å². The zero-order valence-electron chi connectivity index (χ0n) is 11.0. The second-order valence-corrected chi connectivity index (χ2v) is 4.22. The maximum absolute atomic E-state index is 5.60. The molecule has 0 bridgehead atoms. The van der Waals surface area contributed by atoms with Crippen molar-refractivity contribution in [3.8, 4) is 5.88 Å². The van der Waals surface area contributed by atoms with Gasteiger partial charge in [-0.3, -0.25) is 0 Å². The summed E-state index contributed by atoms with van der Waals surface area (Å²) in [7, 11) is 1.69. The molecule has 3 heteroatoms. The predicted octanol–water partition coefficient (Wildman–Crippen LogP) is 3.21. The van der Waals surface area contributed by atoms with Crippen molar-refractivity contribution in [2.75, 3.05) is 20.3 Å². The number of aryl methyl sites for hydroxylation is 1. The topological polar surface area (TPSA) is 31.4 Å². The fraction of sp³-hybridized carbons (Fsp3) is 0.400. The summed E-state index contributed by atoms with van der Waals surface area (Å²) >= 11 is 0. The number of hydrogen-bond acceptors (Lipinski definition) is 3. The van der Waals surface area contributed by atoms with Crippen LogP contribution in [0.3, 0.4) is 0 Å². The molecule has 0 saturated carbocycles. The highest BCUT2D eigenvalue weighted by Crippen LogP contribution is 2.18. The van der Waals surface area contributed by atoms with Crippen molar-refractivity contribution in [1.82, 2.24) is 4.98 Å². The van der Waals surface area contributed by atoms with E-state index in [1.54, 1.807) is 7.11 Å². The highest BCUT2D eigenvalue weighted by atomic mass is 16.5. The molecule has 0 fully saturated rings. The minimum Gasteiger partial charge on any atom is -0.478 e. The number of ether oxygens (including phenoxy) is 2. The number of hydrogen-bond donors (Lipinski definition) is 0. The van der Waals surface area contributed by atoms with Crippen LogP contribution in [0, 0.1) is 0 Å². The van der Waals surface area contributed by atoms with Gasteiger partial charge in [0.05, 0.1) is 12.1 Å². The van der Waals surface area contributed by atoms with Crippen molar-refractivity contribution in [3.05, 3.63) is 35.9 Å². The average molecular weight is 245 g/mol. The van der Waals surface area contributed by atoms with E-state index < -0.39 is 0 Å². The molecule has 3 nitrogen and oxygen atoms in total. The fourth-order valence-corrected chi connectivity index (χ4v) is 1.82. The van der Waals surface area contributed by atoms with Gasteiger partial charge in [-0.05, 0) is 24.1 Å². The van der Waals surface area contributed by atoms with Crippen molar-refractivity contribution in [1.29, 1.82) is 0 Å². The number of fused-ring (bicyclic) bond motifs is 1. The molecule has 2 aromatic rings. The van der Waals surface area contributed by atoms with Crippen LogP contribution in [0.2, 0.25) is 0 Å². The van der Waals surface area contributed by atoms with Gasteiger partial charge < -0.3 is 9.47 Å². The largest absolute Gasteiger partial charge is 0.478 e. The number of rotatable bonds is 6. The third-order valence-corrected chi connectivity index (χ3v) is 2.88. The van der Waals surface area contributed by atoms with Gasteiger partial charge in [0, 0.05) is 31.6 Å². The van der Waals surface area contributed by atoms with Crippen molar-refractivity contribution < 1.29 is 9.47 Å². The molecule has 18 heavy (non-hydrogen) atoms. The lowest BCUT2D eigenvalue weighted by molar-refractivity contribution is 0.170. The van der Waals surface area contributed by atoms with E-state index in [-0.39, 0.29) is 0 Å². The van der Waals surface area contributed by atoms with Gasteiger partial charge in [0.15, 0.2) is 0 Å². The van der Waals surface area contributed by atoms with Crippen LogP contribution in [-0.4, -0.2) is 25.3 Å². The van der Waals surface area contributed by atoms with Crippen LogP contribution in [0.25, 0.3) is 10.9 Å². The van der Waals surface area contributed by atoms with Gasteiger partial charge in [-0.25, -0.2) is 4.98 Å². The maximum Gasteiger partial charge on any atom is 0.213 e. The van der Waals surface area contributed by atoms with Gasteiger partial charge in [0.2, 0.25) is 5.88 Å². The Balaban J connectivity index is 2.10. The summed E-state index contributed by atoms with van der Waals surface area (Å²) in [5.74, 6) is 0.687. The van der Waals surface area contributed by atoms with Crippen LogP contribution in [0.1, 0.15) is 18.9 Å². The molecule has 0 spiro atoms. The van der Waals surface area contributed by atoms with Crippen LogP contribution in [0.4, 0.5) is 0 Å². The number of benzene rings is 1. The molecule has 0 atom stereocenters. The Hall–Kier alpha value is -1.61. The highest BCUT2D eigenvalue weighted by molar-refractivity contribution is 5.79. The minimum atomic E-state index is 0.639. The van der Waals surface area contributed by atoms with Crippen LogP contribution in [0.15, 0.2) is 30.3 Å². The molecule has 0 radical (unpaired) electrons. The lowest BCUT2D eigenvalue weighted by atomic mass is 10.1. The van der Waals surface area contributed by atoms with E-state index in [1.807, 2.05) is 12.1 Å². The van der Waals surface area contributed by atoms with E-state index in [2.05, 4.69) is 30.1 Å². The average Bonchev–Trinajstić information content (AvgIpc) is 2.42. The minimum absolute atomic E-state index is 0.639. The Morgan fingerprint density at radius 1 is 1.11 bits per heavy atom. The molecule has 0 saturated heterocycles. The zero-order valence-corrected chi connectivity index (χ0v) is 11.0. The fourth-order valence-electron chi connectivity index (χ4n) is 1.82. The van der Waals surface area contributed by atoms with E-state index in [0.717, 1.165) is 23.7 Å². The lowest BCUT2D eigenvalue weighted by Gasteiger charge is -2.06. The normalized spacial score (nSPS) is 10.8. The third-order valence-electron chi connectivity index (χ3n) is 2.88. The predicted molar refractivity (Wildman–Crippen MR) is 73.1 cm³/mol. The van der Waals surface area contributed by atoms with Gasteiger partial charge in [-0.15, -0.1) is 0 Å². The third kappa shape index (κ3) is 3.20. The molecule has 0 N–H and O–H groups in total. The Morgan fingerprint density at radius 2 is 1.94 bits per heavy atom. The van der Waals surface area contributed by atoms with Gasteiger partial charge in [-0.1, -0.05) is 19.1 Å². The second-order valence-electron chi connectivity index (χ2n) is 4.22. The van der Waals surface area contributed by atoms with E-state index in [4.69, 9.17) is 9.47 Å². The van der Waals surface area contributed by atoms with Gasteiger partial charge in [0.25, 0.3) is 0 Å². The van der Waals surface area contributed by atoms with Crippen LogP contribution < -0.4 is 4.74 Å². The first-order chi connectivity index (χ1) is 8.83. The van der Waals surface area contributed by atoms with Crippen molar-refractivity contribution >= 4 is 10.9 Å². The van der Waals surface area contributed by atoms with Crippen LogP contribution in [0.5, 0.6) is 5.88 Å². The summed E-state index contributed by atoms with van der Waals surface area (Å²) in [6.45, 7) is 3.50. The summed E-state index contributed by atoms with van der Waals surface area (Å²) < 4.78 is 10.6. The summed E-state index contributed by atoms with van der Waals surface area (Å²) in [5, 5.41) is 1.15. The zero-order chi connectivity index (χ0) is 12.8. The van der Waals surface area contributed by atoms with Crippen LogP contribution >= 0.6 is 0 Å². The first-order valence-corrected chi connectivity index (χ1v) is 6.35. The quantitative estimate of drug-likeness (QED) is 0.732. The molecule has 0 unspecified atom stereocenters. The molecule has 1 aromatic carbocycles. The Morgan fingerprint density at radius 3 is 2.72 bits per heavy atom. The van der Waals surface area contributed by atoms with Crippen molar-refractivity contribution in [3.63, 3.8) is 0 Å². The summed E-state index contributed by atoms with van der Waals surface area (Å²) in [6, 6.07) is 10.3. The Bertz CT molecular complexity index is 511. The lowest BCUT2D eigenvalue weighted by Crippen LogP contribution is -2.02. The summed E-state index contributed by atoms with van der Waals surface area (Å²) in [5.41, 5.74) is 2.30. The SMILES string of the molecule is CCc1ccc2ccc(OCCCOC)nc2c1. The smallest absolute Gasteiger partial charge is 0.213 e. The summed E-state index contributed by atoms with van der Waals surface area (Å²) in [4.78, 5) is 4.52. The molecule has 0 aliphatic carbocycles. The monoisotopic (exact) mass is 245 g/mol. The molecule has 1 heterocycles. The van der Waals surface area contributed by atoms with Crippen molar-refractivity contribution in [2.45, 2.75) is 19.8 Å². The van der Waals surface area contributed by atoms with E-state index in [1.165, 1.54) is 5.56 Å². The number of aromatic nitrogens is 1. The Kier molecular flexibility index (Phi) is 4.53. The molecule has 96 valence electrons. The molecular weight excluding hydrogens is 226 g/mol. The highest BCUT2D eigenvalue weighted by Gasteiger charge is 2.00. The van der Waals surface area contributed by atoms with E-state index in [9.17, 15) is 0 Å². The van der Waals surface area contributed by atoms with E-state index >= 15 is 0 Å². The molecule has 0 aliphatic heterocycles. The molecule has 0 aliphatic rings. The maximum atomic E-state index is 5.60. The number of pyridine rings is 1. The molecule has 1 aromatic heterocycles. The summed E-state index contributed by atoms with van der Waals surface area (Å²) in [6.07, 6.45) is 1.90. The number of methoxy groups -OCH3 is 1. The molecule has 2 rings (SSSR count). The first kappa shape index (κ1) is 12.8. The Labute approximate surface area is 108 Å². The molecule has 0 amide bonds. The van der Waals surface area contributed by atoms with Gasteiger partial charge >= 0.3 is 0 Å². The van der Waals surface area contributed by atoms with Gasteiger partial charge in [0.1, 0.15) is 0 Å². The van der Waals surface area contributed by atoms with Gasteiger partial charge in [-0.2, -0.15) is 0 Å². The second kappa shape index (κ2) is 6.36. The standard InChI is InChI=1S/C15H19NO2/c1-3-12-5-6-13-7-8-15(16-14(13)11-12)18-10-4-9-17-2/h5-8,11H,3-4,9-10H2,1-2H3. The first-order valence-electron chi connectivity index (χ1n) is 6.35. The van der Waals surface area contributed by atoms with E-state index in [0.29, 0.717) is 19.1 Å².